The van der Waals surface area contributed by atoms with Gasteiger partial charge in [0.2, 0.25) is 0 Å². The monoisotopic (exact) mass is 193 g/mol. The van der Waals surface area contributed by atoms with E-state index in [-0.39, 0.29) is 0 Å². The van der Waals surface area contributed by atoms with E-state index in [2.05, 4.69) is 5.32 Å². The zero-order chi connectivity index (χ0) is 9.97. The molecule has 0 saturated carbocycles. The van der Waals surface area contributed by atoms with Crippen LogP contribution in [0, 0.1) is 6.92 Å². The molecule has 1 fully saturated rings. The van der Waals surface area contributed by atoms with Crippen LogP contribution in [0.5, 0.6) is 11.5 Å². The summed E-state index contributed by atoms with van der Waals surface area (Å²) in [4.78, 5) is 0. The zero-order valence-electron chi connectivity index (χ0n) is 8.54. The lowest BCUT2D eigenvalue weighted by Gasteiger charge is -2.28. The van der Waals surface area contributed by atoms with Crippen LogP contribution in [0.2, 0.25) is 0 Å². The average molecular weight is 193 g/mol. The molecule has 1 aromatic carbocycles. The fourth-order valence-electron chi connectivity index (χ4n) is 1.41. The number of benzene rings is 1. The summed E-state index contributed by atoms with van der Waals surface area (Å²) in [6.45, 7) is 3.90. The van der Waals surface area contributed by atoms with Gasteiger partial charge in [0.05, 0.1) is 7.11 Å². The normalized spacial score (nSPS) is 16.1. The van der Waals surface area contributed by atoms with Crippen LogP contribution >= 0.6 is 0 Å². The largest absolute Gasteiger partial charge is 0.496 e. The van der Waals surface area contributed by atoms with E-state index in [1.54, 1.807) is 7.11 Å². The van der Waals surface area contributed by atoms with E-state index in [1.807, 2.05) is 25.1 Å². The molecule has 1 aliphatic rings. The first-order chi connectivity index (χ1) is 6.79. The molecule has 0 amide bonds. The number of rotatable bonds is 3. The van der Waals surface area contributed by atoms with Crippen molar-refractivity contribution in [1.29, 1.82) is 0 Å². The van der Waals surface area contributed by atoms with Gasteiger partial charge < -0.3 is 14.8 Å². The minimum atomic E-state index is 0.322. The highest BCUT2D eigenvalue weighted by atomic mass is 16.5. The van der Waals surface area contributed by atoms with Crippen molar-refractivity contribution in [2.45, 2.75) is 13.0 Å². The molecule has 0 radical (unpaired) electrons. The Morgan fingerprint density at radius 2 is 2.14 bits per heavy atom. The molecule has 0 aliphatic carbocycles. The zero-order valence-corrected chi connectivity index (χ0v) is 8.54. The molecule has 1 heterocycles. The van der Waals surface area contributed by atoms with Gasteiger partial charge in [-0.3, -0.25) is 0 Å². The fourth-order valence-corrected chi connectivity index (χ4v) is 1.41. The average Bonchev–Trinajstić information content (AvgIpc) is 2.14. The van der Waals surface area contributed by atoms with Gasteiger partial charge in [0.25, 0.3) is 0 Å². The molecule has 1 aromatic rings. The first-order valence-corrected chi connectivity index (χ1v) is 4.81. The Bertz CT molecular complexity index is 321. The Morgan fingerprint density at radius 3 is 2.71 bits per heavy atom. The number of hydrogen-bond acceptors (Lipinski definition) is 3. The molecule has 0 atom stereocenters. The summed E-state index contributed by atoms with van der Waals surface area (Å²) in [6, 6.07) is 5.93. The molecule has 76 valence electrons. The van der Waals surface area contributed by atoms with Gasteiger partial charge in [-0.05, 0) is 18.6 Å². The van der Waals surface area contributed by atoms with Crippen LogP contribution in [0.1, 0.15) is 5.56 Å². The summed E-state index contributed by atoms with van der Waals surface area (Å²) >= 11 is 0. The molecule has 3 nitrogen and oxygen atoms in total. The van der Waals surface area contributed by atoms with Gasteiger partial charge in [-0.25, -0.2) is 0 Å². The lowest BCUT2D eigenvalue weighted by atomic mass is 10.2. The van der Waals surface area contributed by atoms with Crippen molar-refractivity contribution in [3.8, 4) is 11.5 Å². The van der Waals surface area contributed by atoms with Crippen molar-refractivity contribution in [2.75, 3.05) is 20.2 Å². The number of nitrogens with one attached hydrogen (secondary N) is 1. The van der Waals surface area contributed by atoms with Gasteiger partial charge in [0.15, 0.2) is 0 Å². The summed E-state index contributed by atoms with van der Waals surface area (Å²) in [5, 5.41) is 3.17. The highest BCUT2D eigenvalue weighted by molar-refractivity contribution is 5.39. The maximum atomic E-state index is 5.71. The van der Waals surface area contributed by atoms with Crippen molar-refractivity contribution in [3.05, 3.63) is 23.8 Å². The third-order valence-corrected chi connectivity index (χ3v) is 2.43. The van der Waals surface area contributed by atoms with Crippen LogP contribution in [0.25, 0.3) is 0 Å². The lowest BCUT2D eigenvalue weighted by Crippen LogP contribution is -2.50. The van der Waals surface area contributed by atoms with E-state index in [0.29, 0.717) is 6.10 Å². The Kier molecular flexibility index (Phi) is 2.59. The van der Waals surface area contributed by atoms with E-state index < -0.39 is 0 Å². The second-order valence-electron chi connectivity index (χ2n) is 3.53. The van der Waals surface area contributed by atoms with E-state index in [4.69, 9.17) is 9.47 Å². The Hall–Kier alpha value is -1.22. The molecule has 1 aliphatic heterocycles. The maximum absolute atomic E-state index is 5.71. The quantitative estimate of drug-likeness (QED) is 0.786. The van der Waals surface area contributed by atoms with Gasteiger partial charge in [-0.1, -0.05) is 6.07 Å². The van der Waals surface area contributed by atoms with E-state index in [0.717, 1.165) is 30.2 Å². The lowest BCUT2D eigenvalue weighted by molar-refractivity contribution is 0.142. The van der Waals surface area contributed by atoms with Crippen molar-refractivity contribution < 1.29 is 9.47 Å². The maximum Gasteiger partial charge on any atom is 0.125 e. The second kappa shape index (κ2) is 3.88. The second-order valence-corrected chi connectivity index (χ2v) is 3.53. The molecule has 14 heavy (non-hydrogen) atoms. The number of hydrogen-bond donors (Lipinski definition) is 1. The van der Waals surface area contributed by atoms with Crippen molar-refractivity contribution >= 4 is 0 Å². The highest BCUT2D eigenvalue weighted by Gasteiger charge is 2.18. The van der Waals surface area contributed by atoms with Crippen molar-refractivity contribution in [1.82, 2.24) is 5.32 Å². The van der Waals surface area contributed by atoms with Gasteiger partial charge in [0, 0.05) is 19.2 Å². The predicted molar refractivity (Wildman–Crippen MR) is 55.0 cm³/mol. The van der Waals surface area contributed by atoms with Gasteiger partial charge >= 0.3 is 0 Å². The third-order valence-electron chi connectivity index (χ3n) is 2.43. The topological polar surface area (TPSA) is 30.5 Å². The van der Waals surface area contributed by atoms with Crippen LogP contribution in [0.15, 0.2) is 18.2 Å². The smallest absolute Gasteiger partial charge is 0.125 e. The molecule has 2 rings (SSSR count). The van der Waals surface area contributed by atoms with Crippen LogP contribution in [-0.2, 0) is 0 Å². The summed E-state index contributed by atoms with van der Waals surface area (Å²) in [5.74, 6) is 1.77. The Balaban J connectivity index is 2.09. The van der Waals surface area contributed by atoms with E-state index >= 15 is 0 Å². The SMILES string of the molecule is COc1cc(OC2CNC2)ccc1C. The van der Waals surface area contributed by atoms with Crippen molar-refractivity contribution in [3.63, 3.8) is 0 Å². The third kappa shape index (κ3) is 1.82. The van der Waals surface area contributed by atoms with Crippen LogP contribution < -0.4 is 14.8 Å². The summed E-state index contributed by atoms with van der Waals surface area (Å²) in [6.07, 6.45) is 0.322. The van der Waals surface area contributed by atoms with Crippen molar-refractivity contribution in [2.24, 2.45) is 0 Å². The van der Waals surface area contributed by atoms with E-state index in [1.165, 1.54) is 0 Å². The molecular weight excluding hydrogens is 178 g/mol. The highest BCUT2D eigenvalue weighted by Crippen LogP contribution is 2.24. The van der Waals surface area contributed by atoms with Crippen LogP contribution in [-0.4, -0.2) is 26.3 Å². The first-order valence-electron chi connectivity index (χ1n) is 4.81. The molecular formula is C11H15NO2. The van der Waals surface area contributed by atoms with Crippen LogP contribution in [0.3, 0.4) is 0 Å². The van der Waals surface area contributed by atoms with Gasteiger partial charge in [-0.2, -0.15) is 0 Å². The summed E-state index contributed by atoms with van der Waals surface area (Å²) in [7, 11) is 1.68. The molecule has 1 N–H and O–H groups in total. The number of ether oxygens (including phenoxy) is 2. The molecule has 0 aromatic heterocycles. The molecule has 3 heteroatoms. The molecule has 1 saturated heterocycles. The predicted octanol–water partition coefficient (Wildman–Crippen LogP) is 1.35. The summed E-state index contributed by atoms with van der Waals surface area (Å²) < 4.78 is 10.9. The van der Waals surface area contributed by atoms with Gasteiger partial charge in [-0.15, -0.1) is 0 Å². The standard InChI is InChI=1S/C11H15NO2/c1-8-3-4-9(5-11(8)13-2)14-10-6-12-7-10/h3-5,10,12H,6-7H2,1-2H3. The Morgan fingerprint density at radius 1 is 1.36 bits per heavy atom. The fraction of sp³-hybridized carbons (Fsp3) is 0.455. The number of aryl methyl sites for hydroxylation is 1. The molecule has 0 unspecified atom stereocenters. The first kappa shape index (κ1) is 9.34. The van der Waals surface area contributed by atoms with Crippen LogP contribution in [0.4, 0.5) is 0 Å². The minimum absolute atomic E-state index is 0.322. The Labute approximate surface area is 84.0 Å². The summed E-state index contributed by atoms with van der Waals surface area (Å²) in [5.41, 5.74) is 1.13. The van der Waals surface area contributed by atoms with E-state index in [9.17, 15) is 0 Å². The molecule has 0 bridgehead atoms. The molecule has 0 spiro atoms. The number of methoxy groups -OCH3 is 1. The minimum Gasteiger partial charge on any atom is -0.496 e. The van der Waals surface area contributed by atoms with Gasteiger partial charge in [0.1, 0.15) is 17.6 Å².